The Bertz CT molecular complexity index is 594. The van der Waals surface area contributed by atoms with Crippen molar-refractivity contribution in [2.75, 3.05) is 20.2 Å². The number of rotatable bonds is 3. The molecule has 3 rings (SSSR count). The van der Waals surface area contributed by atoms with Gasteiger partial charge in [-0.05, 0) is 62.5 Å². The van der Waals surface area contributed by atoms with E-state index in [2.05, 4.69) is 36.0 Å². The van der Waals surface area contributed by atoms with Crippen molar-refractivity contribution in [3.8, 4) is 5.75 Å². The Labute approximate surface area is 114 Å². The normalized spacial score (nSPS) is 19.2. The highest BCUT2D eigenvalue weighted by molar-refractivity contribution is 5.86. The number of ether oxygens (including phenoxy) is 1. The first-order valence-electron chi connectivity index (χ1n) is 7.03. The molecule has 102 valence electrons. The van der Waals surface area contributed by atoms with E-state index in [1.807, 2.05) is 6.07 Å². The Morgan fingerprint density at radius 2 is 2.26 bits per heavy atom. The highest BCUT2D eigenvalue weighted by atomic mass is 16.5. The topological polar surface area (TPSA) is 26.2 Å². The number of benzene rings is 1. The molecule has 0 spiro atoms. The largest absolute Gasteiger partial charge is 0.497 e. The fraction of sp³-hybridized carbons (Fsp3) is 0.500. The maximum atomic E-state index is 5.37. The molecule has 1 aliphatic rings. The summed E-state index contributed by atoms with van der Waals surface area (Å²) < 4.78 is 7.67. The number of aromatic nitrogens is 1. The Morgan fingerprint density at radius 1 is 1.42 bits per heavy atom. The van der Waals surface area contributed by atoms with E-state index in [4.69, 9.17) is 4.74 Å². The van der Waals surface area contributed by atoms with Crippen LogP contribution >= 0.6 is 0 Å². The van der Waals surface area contributed by atoms with Crippen LogP contribution in [-0.2, 0) is 13.5 Å². The molecule has 1 aliphatic heterocycles. The van der Waals surface area contributed by atoms with Crippen LogP contribution in [0.3, 0.4) is 0 Å². The summed E-state index contributed by atoms with van der Waals surface area (Å²) in [5.41, 5.74) is 4.18. The smallest absolute Gasteiger partial charge is 0.119 e. The molecule has 0 amide bonds. The molecule has 1 unspecified atom stereocenters. The SMILES string of the molecule is COc1ccc2c(c1)c(CC1CCNC1)c(C)n2C. The molecule has 0 aliphatic carbocycles. The second-order valence-electron chi connectivity index (χ2n) is 5.57. The van der Waals surface area contributed by atoms with E-state index in [0.717, 1.165) is 24.8 Å². The molecule has 0 bridgehead atoms. The molecule has 2 heterocycles. The van der Waals surface area contributed by atoms with Crippen molar-refractivity contribution in [3.05, 3.63) is 29.5 Å². The van der Waals surface area contributed by atoms with Crippen LogP contribution in [0.15, 0.2) is 18.2 Å². The van der Waals surface area contributed by atoms with Gasteiger partial charge < -0.3 is 14.6 Å². The number of hydrogen-bond acceptors (Lipinski definition) is 2. The van der Waals surface area contributed by atoms with Crippen LogP contribution in [0.4, 0.5) is 0 Å². The second-order valence-corrected chi connectivity index (χ2v) is 5.57. The fourth-order valence-corrected chi connectivity index (χ4v) is 3.19. The summed E-state index contributed by atoms with van der Waals surface area (Å²) in [5.74, 6) is 1.72. The number of methoxy groups -OCH3 is 1. The third-order valence-corrected chi connectivity index (χ3v) is 4.49. The maximum Gasteiger partial charge on any atom is 0.119 e. The average molecular weight is 258 g/mol. The minimum absolute atomic E-state index is 0.774. The minimum atomic E-state index is 0.774. The Hall–Kier alpha value is -1.48. The first-order chi connectivity index (χ1) is 9.20. The Balaban J connectivity index is 2.07. The zero-order valence-corrected chi connectivity index (χ0v) is 12.0. The first-order valence-corrected chi connectivity index (χ1v) is 7.03. The lowest BCUT2D eigenvalue weighted by atomic mass is 9.96. The van der Waals surface area contributed by atoms with E-state index in [1.54, 1.807) is 7.11 Å². The van der Waals surface area contributed by atoms with Crippen molar-refractivity contribution >= 4 is 10.9 Å². The highest BCUT2D eigenvalue weighted by Crippen LogP contribution is 2.31. The van der Waals surface area contributed by atoms with Gasteiger partial charge >= 0.3 is 0 Å². The van der Waals surface area contributed by atoms with E-state index < -0.39 is 0 Å². The van der Waals surface area contributed by atoms with Crippen molar-refractivity contribution in [2.24, 2.45) is 13.0 Å². The van der Waals surface area contributed by atoms with Gasteiger partial charge in [0.2, 0.25) is 0 Å². The molecule has 1 aromatic carbocycles. The summed E-state index contributed by atoms with van der Waals surface area (Å²) in [7, 11) is 3.89. The van der Waals surface area contributed by atoms with Crippen LogP contribution < -0.4 is 10.1 Å². The second kappa shape index (κ2) is 4.89. The molecule has 1 aromatic heterocycles. The predicted octanol–water partition coefficient (Wildman–Crippen LogP) is 2.65. The number of aryl methyl sites for hydroxylation is 1. The highest BCUT2D eigenvalue weighted by Gasteiger charge is 2.20. The standard InChI is InChI=1S/C16H22N2O/c1-11-14(8-12-6-7-17-10-12)15-9-13(19-3)4-5-16(15)18(11)2/h4-5,9,12,17H,6-8,10H2,1-3H3. The van der Waals surface area contributed by atoms with Gasteiger partial charge in [0.25, 0.3) is 0 Å². The zero-order chi connectivity index (χ0) is 13.4. The third kappa shape index (κ3) is 2.12. The van der Waals surface area contributed by atoms with Gasteiger partial charge in [-0.2, -0.15) is 0 Å². The van der Waals surface area contributed by atoms with Gasteiger partial charge in [-0.1, -0.05) is 0 Å². The molecule has 0 radical (unpaired) electrons. The number of hydrogen-bond donors (Lipinski definition) is 1. The molecular weight excluding hydrogens is 236 g/mol. The molecule has 3 nitrogen and oxygen atoms in total. The van der Waals surface area contributed by atoms with Crippen LogP contribution in [-0.4, -0.2) is 24.8 Å². The maximum absolute atomic E-state index is 5.37. The molecule has 2 aromatic rings. The number of fused-ring (bicyclic) bond motifs is 1. The van der Waals surface area contributed by atoms with E-state index >= 15 is 0 Å². The van der Waals surface area contributed by atoms with E-state index in [1.165, 1.54) is 35.0 Å². The van der Waals surface area contributed by atoms with Gasteiger partial charge in [-0.25, -0.2) is 0 Å². The van der Waals surface area contributed by atoms with Crippen LogP contribution in [0.25, 0.3) is 10.9 Å². The van der Waals surface area contributed by atoms with Crippen LogP contribution in [0.5, 0.6) is 5.75 Å². The summed E-state index contributed by atoms with van der Waals surface area (Å²) in [6.45, 7) is 4.54. The molecule has 1 saturated heterocycles. The Morgan fingerprint density at radius 3 is 2.95 bits per heavy atom. The number of nitrogens with zero attached hydrogens (tertiary/aromatic N) is 1. The van der Waals surface area contributed by atoms with E-state index in [9.17, 15) is 0 Å². The van der Waals surface area contributed by atoms with E-state index in [-0.39, 0.29) is 0 Å². The van der Waals surface area contributed by atoms with Gasteiger partial charge in [0.1, 0.15) is 5.75 Å². The lowest BCUT2D eigenvalue weighted by Crippen LogP contribution is -2.11. The first kappa shape index (κ1) is 12.5. The predicted molar refractivity (Wildman–Crippen MR) is 78.9 cm³/mol. The van der Waals surface area contributed by atoms with Crippen LogP contribution in [0, 0.1) is 12.8 Å². The van der Waals surface area contributed by atoms with Crippen molar-refractivity contribution in [1.82, 2.24) is 9.88 Å². The lowest BCUT2D eigenvalue weighted by Gasteiger charge is -2.09. The summed E-state index contributed by atoms with van der Waals surface area (Å²) >= 11 is 0. The van der Waals surface area contributed by atoms with Crippen LogP contribution in [0.2, 0.25) is 0 Å². The van der Waals surface area contributed by atoms with Gasteiger partial charge in [0, 0.05) is 23.6 Å². The van der Waals surface area contributed by atoms with Gasteiger partial charge in [-0.15, -0.1) is 0 Å². The lowest BCUT2D eigenvalue weighted by molar-refractivity contribution is 0.415. The van der Waals surface area contributed by atoms with Crippen molar-refractivity contribution in [1.29, 1.82) is 0 Å². The molecule has 1 fully saturated rings. The van der Waals surface area contributed by atoms with Gasteiger partial charge in [0.05, 0.1) is 7.11 Å². The monoisotopic (exact) mass is 258 g/mol. The molecule has 1 N–H and O–H groups in total. The fourth-order valence-electron chi connectivity index (χ4n) is 3.19. The summed E-state index contributed by atoms with van der Waals surface area (Å²) in [4.78, 5) is 0. The Kier molecular flexibility index (Phi) is 3.23. The van der Waals surface area contributed by atoms with Crippen molar-refractivity contribution in [2.45, 2.75) is 19.8 Å². The van der Waals surface area contributed by atoms with Crippen molar-refractivity contribution in [3.63, 3.8) is 0 Å². The third-order valence-electron chi connectivity index (χ3n) is 4.49. The molecule has 19 heavy (non-hydrogen) atoms. The molecule has 3 heteroatoms. The zero-order valence-electron chi connectivity index (χ0n) is 12.0. The molecule has 1 atom stereocenters. The summed E-state index contributed by atoms with van der Waals surface area (Å²) in [6, 6.07) is 6.39. The summed E-state index contributed by atoms with van der Waals surface area (Å²) in [5, 5.41) is 4.81. The quantitative estimate of drug-likeness (QED) is 0.916. The van der Waals surface area contributed by atoms with Crippen LogP contribution in [0.1, 0.15) is 17.7 Å². The average Bonchev–Trinajstić information content (AvgIpc) is 3.02. The van der Waals surface area contributed by atoms with Gasteiger partial charge in [-0.3, -0.25) is 0 Å². The summed E-state index contributed by atoms with van der Waals surface area (Å²) in [6.07, 6.45) is 2.46. The number of nitrogens with one attached hydrogen (secondary N) is 1. The van der Waals surface area contributed by atoms with Gasteiger partial charge in [0.15, 0.2) is 0 Å². The van der Waals surface area contributed by atoms with E-state index in [0.29, 0.717) is 0 Å². The molecule has 0 saturated carbocycles. The molecular formula is C16H22N2O. The minimum Gasteiger partial charge on any atom is -0.497 e. The van der Waals surface area contributed by atoms with Crippen molar-refractivity contribution < 1.29 is 4.74 Å².